The number of carboxylic acid groups (broad SMARTS) is 1. The van der Waals surface area contributed by atoms with Crippen LogP contribution in [0.3, 0.4) is 0 Å². The van der Waals surface area contributed by atoms with Gasteiger partial charge in [0.05, 0.1) is 7.11 Å². The lowest BCUT2D eigenvalue weighted by molar-refractivity contribution is -0.131. The van der Waals surface area contributed by atoms with E-state index in [-0.39, 0.29) is 22.6 Å². The minimum atomic E-state index is -1.11. The monoisotopic (exact) mass is 332 g/mol. The number of rotatable bonds is 3. The molecule has 7 nitrogen and oxygen atoms in total. The molecule has 0 fully saturated rings. The maximum absolute atomic E-state index is 10.9. The predicted molar refractivity (Wildman–Crippen MR) is 84.2 cm³/mol. The van der Waals surface area contributed by atoms with E-state index in [4.69, 9.17) is 10.2 Å². The molecule has 0 unspecified atom stereocenters. The van der Waals surface area contributed by atoms with Gasteiger partial charge in [-0.3, -0.25) is 4.79 Å². The highest BCUT2D eigenvalue weighted by molar-refractivity contribution is 5.92. The zero-order chi connectivity index (χ0) is 18.1. The van der Waals surface area contributed by atoms with E-state index in [0.717, 1.165) is 0 Å². The molecule has 7 heteroatoms. The zero-order valence-corrected chi connectivity index (χ0v) is 13.1. The Kier molecular flexibility index (Phi) is 6.97. The number of benzene rings is 2. The van der Waals surface area contributed by atoms with Crippen LogP contribution < -0.4 is 4.74 Å². The van der Waals surface area contributed by atoms with Crippen LogP contribution in [-0.4, -0.2) is 35.2 Å². The minimum absolute atomic E-state index is 0.0160. The predicted octanol–water partition coefficient (Wildman–Crippen LogP) is 2.49. The van der Waals surface area contributed by atoms with E-state index in [0.29, 0.717) is 0 Å². The minimum Gasteiger partial charge on any atom is -0.507 e. The summed E-state index contributed by atoms with van der Waals surface area (Å²) >= 11 is 0. The number of phenols is 1. The van der Waals surface area contributed by atoms with E-state index >= 15 is 0 Å². The second-order valence-electron chi connectivity index (χ2n) is 4.40. The fourth-order valence-electron chi connectivity index (χ4n) is 1.64. The van der Waals surface area contributed by atoms with Crippen LogP contribution in [0.5, 0.6) is 11.5 Å². The summed E-state index contributed by atoms with van der Waals surface area (Å²) in [5.74, 6) is -2.16. The van der Waals surface area contributed by atoms with Crippen molar-refractivity contribution >= 4 is 17.9 Å². The fourth-order valence-corrected chi connectivity index (χ4v) is 1.64. The van der Waals surface area contributed by atoms with Gasteiger partial charge in [-0.15, -0.1) is 0 Å². The first-order valence-electron chi connectivity index (χ1n) is 6.73. The molecule has 0 aromatic heterocycles. The van der Waals surface area contributed by atoms with E-state index in [1.807, 2.05) is 0 Å². The summed E-state index contributed by atoms with van der Waals surface area (Å²) in [5.41, 5.74) is 0.174. The third-order valence-corrected chi connectivity index (χ3v) is 2.68. The van der Waals surface area contributed by atoms with E-state index in [9.17, 15) is 14.4 Å². The molecule has 0 bridgehead atoms. The standard InChI is InChI=1S/C9H8O4.C8H8O3/c1-6(10)13-8-5-3-2-4-7(8)9(11)12;1-11-8(10)6-4-2-3-5-7(6)9/h2-5H,1H3,(H,11,12);2-5,9H,1H3. The average Bonchev–Trinajstić information content (AvgIpc) is 2.55. The number of methoxy groups -OCH3 is 1. The van der Waals surface area contributed by atoms with Crippen LogP contribution in [0.4, 0.5) is 0 Å². The van der Waals surface area contributed by atoms with Gasteiger partial charge in [-0.05, 0) is 24.3 Å². The molecule has 24 heavy (non-hydrogen) atoms. The van der Waals surface area contributed by atoms with Crippen molar-refractivity contribution in [2.45, 2.75) is 6.92 Å². The van der Waals surface area contributed by atoms with Gasteiger partial charge in [0.25, 0.3) is 0 Å². The van der Waals surface area contributed by atoms with Gasteiger partial charge in [0.15, 0.2) is 0 Å². The molecule has 0 atom stereocenters. The first kappa shape index (κ1) is 18.7. The smallest absolute Gasteiger partial charge is 0.341 e. The number of aromatic hydroxyl groups is 1. The molecule has 0 saturated carbocycles. The quantitative estimate of drug-likeness (QED) is 0.656. The second kappa shape index (κ2) is 8.94. The second-order valence-corrected chi connectivity index (χ2v) is 4.40. The van der Waals surface area contributed by atoms with Crippen LogP contribution in [0.15, 0.2) is 48.5 Å². The molecule has 0 spiro atoms. The lowest BCUT2D eigenvalue weighted by atomic mass is 10.2. The van der Waals surface area contributed by atoms with Gasteiger partial charge < -0.3 is 19.7 Å². The number of ether oxygens (including phenoxy) is 2. The van der Waals surface area contributed by atoms with Gasteiger partial charge in [-0.25, -0.2) is 9.59 Å². The summed E-state index contributed by atoms with van der Waals surface area (Å²) < 4.78 is 9.11. The first-order chi connectivity index (χ1) is 11.4. The Morgan fingerprint density at radius 1 is 0.917 bits per heavy atom. The van der Waals surface area contributed by atoms with Crippen molar-refractivity contribution in [3.63, 3.8) is 0 Å². The topological polar surface area (TPSA) is 110 Å². The van der Waals surface area contributed by atoms with Crippen molar-refractivity contribution in [3.05, 3.63) is 59.7 Å². The maximum Gasteiger partial charge on any atom is 0.341 e. The molecule has 126 valence electrons. The van der Waals surface area contributed by atoms with E-state index < -0.39 is 17.9 Å². The molecule has 2 aromatic carbocycles. The summed E-state index contributed by atoms with van der Waals surface area (Å²) in [6, 6.07) is 12.2. The third-order valence-electron chi connectivity index (χ3n) is 2.68. The number of carbonyl (C=O) groups is 3. The number of carbonyl (C=O) groups excluding carboxylic acids is 2. The van der Waals surface area contributed by atoms with Crippen molar-refractivity contribution in [3.8, 4) is 11.5 Å². The summed E-state index contributed by atoms with van der Waals surface area (Å²) in [7, 11) is 1.27. The molecule has 0 amide bonds. The lowest BCUT2D eigenvalue weighted by Gasteiger charge is -2.03. The lowest BCUT2D eigenvalue weighted by Crippen LogP contribution is -2.06. The summed E-state index contributed by atoms with van der Waals surface area (Å²) in [6.07, 6.45) is 0. The Morgan fingerprint density at radius 2 is 1.46 bits per heavy atom. The van der Waals surface area contributed by atoms with E-state index in [1.54, 1.807) is 24.3 Å². The van der Waals surface area contributed by atoms with Crippen LogP contribution >= 0.6 is 0 Å². The molecule has 0 aliphatic heterocycles. The normalized spacial score (nSPS) is 9.25. The van der Waals surface area contributed by atoms with Crippen LogP contribution in [0.25, 0.3) is 0 Å². The molecular formula is C17H16O7. The Labute approximate surface area is 138 Å². The van der Waals surface area contributed by atoms with Gasteiger partial charge in [0, 0.05) is 6.92 Å². The SMILES string of the molecule is CC(=O)Oc1ccccc1C(=O)O.COC(=O)c1ccccc1O. The number of esters is 2. The zero-order valence-electron chi connectivity index (χ0n) is 13.1. The number of para-hydroxylation sites is 2. The van der Waals surface area contributed by atoms with E-state index in [1.165, 1.54) is 38.3 Å². The summed E-state index contributed by atoms with van der Waals surface area (Å²) in [5, 5.41) is 17.8. The Balaban J connectivity index is 0.000000243. The average molecular weight is 332 g/mol. The maximum atomic E-state index is 10.9. The molecule has 2 rings (SSSR count). The number of phenolic OH excluding ortho intramolecular Hbond substituents is 1. The van der Waals surface area contributed by atoms with Gasteiger partial charge in [-0.1, -0.05) is 24.3 Å². The summed E-state index contributed by atoms with van der Waals surface area (Å²) in [6.45, 7) is 1.22. The van der Waals surface area contributed by atoms with Crippen molar-refractivity contribution in [1.82, 2.24) is 0 Å². The highest BCUT2D eigenvalue weighted by Gasteiger charge is 2.11. The fraction of sp³-hybridized carbons (Fsp3) is 0.118. The van der Waals surface area contributed by atoms with Crippen LogP contribution in [0.2, 0.25) is 0 Å². The van der Waals surface area contributed by atoms with Crippen LogP contribution in [-0.2, 0) is 9.53 Å². The highest BCUT2D eigenvalue weighted by atomic mass is 16.5. The molecule has 0 saturated heterocycles. The largest absolute Gasteiger partial charge is 0.507 e. The molecule has 2 N–H and O–H groups in total. The summed E-state index contributed by atoms with van der Waals surface area (Å²) in [4.78, 5) is 32.0. The number of hydrogen-bond donors (Lipinski definition) is 2. The molecule has 0 heterocycles. The number of aromatic carboxylic acids is 1. The Hall–Kier alpha value is -3.35. The van der Waals surface area contributed by atoms with Gasteiger partial charge in [0.1, 0.15) is 22.6 Å². The van der Waals surface area contributed by atoms with Gasteiger partial charge in [0.2, 0.25) is 0 Å². The number of hydrogen-bond acceptors (Lipinski definition) is 6. The third kappa shape index (κ3) is 5.45. The van der Waals surface area contributed by atoms with Crippen LogP contribution in [0, 0.1) is 0 Å². The number of carboxylic acids is 1. The molecular weight excluding hydrogens is 316 g/mol. The van der Waals surface area contributed by atoms with Crippen molar-refractivity contribution in [2.24, 2.45) is 0 Å². The van der Waals surface area contributed by atoms with Crippen molar-refractivity contribution in [1.29, 1.82) is 0 Å². The van der Waals surface area contributed by atoms with Gasteiger partial charge in [-0.2, -0.15) is 0 Å². The first-order valence-corrected chi connectivity index (χ1v) is 6.73. The Bertz CT molecular complexity index is 737. The molecule has 0 radical (unpaired) electrons. The van der Waals surface area contributed by atoms with E-state index in [2.05, 4.69) is 9.47 Å². The van der Waals surface area contributed by atoms with Gasteiger partial charge >= 0.3 is 17.9 Å². The van der Waals surface area contributed by atoms with Crippen molar-refractivity contribution in [2.75, 3.05) is 7.11 Å². The van der Waals surface area contributed by atoms with Crippen molar-refractivity contribution < 1.29 is 34.1 Å². The highest BCUT2D eigenvalue weighted by Crippen LogP contribution is 2.17. The Morgan fingerprint density at radius 3 is 1.96 bits per heavy atom. The molecule has 0 aliphatic rings. The molecule has 0 aliphatic carbocycles. The van der Waals surface area contributed by atoms with Crippen LogP contribution in [0.1, 0.15) is 27.6 Å². The molecule has 2 aromatic rings.